The van der Waals surface area contributed by atoms with Crippen molar-refractivity contribution in [1.82, 2.24) is 20.0 Å². The van der Waals surface area contributed by atoms with E-state index < -0.39 is 0 Å². The van der Waals surface area contributed by atoms with Crippen molar-refractivity contribution in [2.75, 3.05) is 20.1 Å². The zero-order chi connectivity index (χ0) is 16.4. The molecule has 2 aliphatic rings. The van der Waals surface area contributed by atoms with E-state index in [1.54, 1.807) is 6.20 Å². The van der Waals surface area contributed by atoms with Gasteiger partial charge in [-0.05, 0) is 48.4 Å². The summed E-state index contributed by atoms with van der Waals surface area (Å²) < 4.78 is 1.89. The maximum Gasteiger partial charge on any atom is 0.193 e. The summed E-state index contributed by atoms with van der Waals surface area (Å²) in [5.74, 6) is 1.03. The van der Waals surface area contributed by atoms with Crippen molar-refractivity contribution in [2.45, 2.75) is 32.2 Å². The first-order valence-electron chi connectivity index (χ1n) is 8.83. The highest BCUT2D eigenvalue weighted by Crippen LogP contribution is 2.47. The topological polar surface area (TPSA) is 45.5 Å². The third kappa shape index (κ3) is 2.90. The number of guanidine groups is 1. The molecule has 0 atom stereocenters. The molecule has 126 valence electrons. The van der Waals surface area contributed by atoms with Gasteiger partial charge in [-0.3, -0.25) is 4.99 Å². The Hall–Kier alpha value is -2.30. The summed E-state index contributed by atoms with van der Waals surface area (Å²) in [5, 5.41) is 7.83. The van der Waals surface area contributed by atoms with Crippen LogP contribution in [0.1, 0.15) is 31.2 Å². The van der Waals surface area contributed by atoms with Crippen molar-refractivity contribution < 1.29 is 0 Å². The number of aliphatic imine (C=N–C) groups is 1. The quantitative estimate of drug-likeness (QED) is 0.698. The van der Waals surface area contributed by atoms with E-state index in [1.165, 1.54) is 37.8 Å². The summed E-state index contributed by atoms with van der Waals surface area (Å²) >= 11 is 0. The largest absolute Gasteiger partial charge is 0.352 e. The molecule has 0 bridgehead atoms. The Morgan fingerprint density at radius 2 is 2.21 bits per heavy atom. The fraction of sp³-hybridized carbons (Fsp3) is 0.474. The van der Waals surface area contributed by atoms with Crippen molar-refractivity contribution in [3.8, 4) is 5.69 Å². The number of aromatic nitrogens is 2. The molecule has 2 aromatic rings. The van der Waals surface area contributed by atoms with Gasteiger partial charge in [0.15, 0.2) is 5.96 Å². The summed E-state index contributed by atoms with van der Waals surface area (Å²) in [6.45, 7) is 3.08. The SMILES string of the molecule is CN=C(NCc1cccc(-n2cccn2)c1)N1CCC2(CCC2)C1. The minimum Gasteiger partial charge on any atom is -0.352 e. The lowest BCUT2D eigenvalue weighted by atomic mass is 9.68. The molecule has 1 aromatic carbocycles. The molecular weight excluding hydrogens is 298 g/mol. The summed E-state index contributed by atoms with van der Waals surface area (Å²) in [6, 6.07) is 10.4. The number of benzene rings is 1. The van der Waals surface area contributed by atoms with Crippen molar-refractivity contribution in [2.24, 2.45) is 10.4 Å². The fourth-order valence-corrected chi connectivity index (χ4v) is 3.94. The molecule has 1 spiro atoms. The smallest absolute Gasteiger partial charge is 0.193 e. The van der Waals surface area contributed by atoms with E-state index in [9.17, 15) is 0 Å². The van der Waals surface area contributed by atoms with E-state index in [-0.39, 0.29) is 0 Å². The van der Waals surface area contributed by atoms with Gasteiger partial charge in [0.1, 0.15) is 0 Å². The monoisotopic (exact) mass is 323 g/mol. The molecule has 0 radical (unpaired) electrons. The van der Waals surface area contributed by atoms with Gasteiger partial charge < -0.3 is 10.2 Å². The Morgan fingerprint density at radius 3 is 2.88 bits per heavy atom. The molecule has 0 amide bonds. The van der Waals surface area contributed by atoms with Crippen LogP contribution in [0.25, 0.3) is 5.69 Å². The van der Waals surface area contributed by atoms with Crippen LogP contribution in [0.15, 0.2) is 47.7 Å². The molecule has 1 aliphatic carbocycles. The summed E-state index contributed by atoms with van der Waals surface area (Å²) in [4.78, 5) is 6.92. The van der Waals surface area contributed by atoms with Gasteiger partial charge in [-0.15, -0.1) is 0 Å². The van der Waals surface area contributed by atoms with E-state index >= 15 is 0 Å². The van der Waals surface area contributed by atoms with Crippen molar-refractivity contribution in [3.05, 3.63) is 48.3 Å². The van der Waals surface area contributed by atoms with Crippen LogP contribution in [0.5, 0.6) is 0 Å². The molecule has 1 N–H and O–H groups in total. The molecule has 2 fully saturated rings. The third-order valence-corrected chi connectivity index (χ3v) is 5.49. The second-order valence-corrected chi connectivity index (χ2v) is 7.05. The zero-order valence-corrected chi connectivity index (χ0v) is 14.3. The molecular formula is C19H25N5. The molecule has 1 saturated carbocycles. The van der Waals surface area contributed by atoms with Crippen LogP contribution >= 0.6 is 0 Å². The van der Waals surface area contributed by atoms with Gasteiger partial charge >= 0.3 is 0 Å². The van der Waals surface area contributed by atoms with Crippen LogP contribution in [0.4, 0.5) is 0 Å². The lowest BCUT2D eigenvalue weighted by Gasteiger charge is -2.38. The minimum atomic E-state index is 0.595. The van der Waals surface area contributed by atoms with Crippen LogP contribution in [0, 0.1) is 5.41 Å². The van der Waals surface area contributed by atoms with E-state index in [2.05, 4.69) is 44.6 Å². The maximum absolute atomic E-state index is 4.50. The molecule has 5 nitrogen and oxygen atoms in total. The predicted octanol–water partition coefficient (Wildman–Crippen LogP) is 2.82. The summed E-state index contributed by atoms with van der Waals surface area (Å²) in [7, 11) is 1.88. The third-order valence-electron chi connectivity index (χ3n) is 5.49. The van der Waals surface area contributed by atoms with Gasteiger partial charge in [0.25, 0.3) is 0 Å². The first-order valence-corrected chi connectivity index (χ1v) is 8.83. The molecule has 1 aromatic heterocycles. The van der Waals surface area contributed by atoms with E-state index in [0.717, 1.165) is 24.7 Å². The second kappa shape index (κ2) is 6.30. The zero-order valence-electron chi connectivity index (χ0n) is 14.3. The van der Waals surface area contributed by atoms with Gasteiger partial charge in [0.05, 0.1) is 5.69 Å². The lowest BCUT2D eigenvalue weighted by molar-refractivity contribution is 0.151. The van der Waals surface area contributed by atoms with Crippen LogP contribution in [0.2, 0.25) is 0 Å². The summed E-state index contributed by atoms with van der Waals surface area (Å²) in [6.07, 6.45) is 9.28. The molecule has 5 heteroatoms. The van der Waals surface area contributed by atoms with Gasteiger partial charge in [0.2, 0.25) is 0 Å². The Morgan fingerprint density at radius 1 is 1.29 bits per heavy atom. The van der Waals surface area contributed by atoms with Crippen LogP contribution < -0.4 is 5.32 Å². The highest BCUT2D eigenvalue weighted by molar-refractivity contribution is 5.80. The molecule has 0 unspecified atom stereocenters. The Labute approximate surface area is 143 Å². The highest BCUT2D eigenvalue weighted by atomic mass is 15.3. The highest BCUT2D eigenvalue weighted by Gasteiger charge is 2.43. The lowest BCUT2D eigenvalue weighted by Crippen LogP contribution is -2.42. The van der Waals surface area contributed by atoms with Crippen molar-refractivity contribution >= 4 is 5.96 Å². The molecule has 24 heavy (non-hydrogen) atoms. The first-order chi connectivity index (χ1) is 11.8. The molecule has 1 saturated heterocycles. The van der Waals surface area contributed by atoms with Crippen LogP contribution in [-0.2, 0) is 6.54 Å². The second-order valence-electron chi connectivity index (χ2n) is 7.05. The number of nitrogens with one attached hydrogen (secondary N) is 1. The molecule has 2 heterocycles. The van der Waals surface area contributed by atoms with E-state index in [4.69, 9.17) is 0 Å². The van der Waals surface area contributed by atoms with Crippen LogP contribution in [0.3, 0.4) is 0 Å². The van der Waals surface area contributed by atoms with Gasteiger partial charge in [0, 0.05) is 39.1 Å². The van der Waals surface area contributed by atoms with E-state index in [1.807, 2.05) is 24.0 Å². The normalized spacial score (nSPS) is 19.5. The number of hydrogen-bond acceptors (Lipinski definition) is 2. The minimum absolute atomic E-state index is 0.595. The Bertz CT molecular complexity index is 715. The van der Waals surface area contributed by atoms with Gasteiger partial charge in [-0.25, -0.2) is 4.68 Å². The number of nitrogens with zero attached hydrogens (tertiary/aromatic N) is 4. The Kier molecular flexibility index (Phi) is 4.00. The Balaban J connectivity index is 1.40. The van der Waals surface area contributed by atoms with Crippen molar-refractivity contribution in [3.63, 3.8) is 0 Å². The van der Waals surface area contributed by atoms with Crippen LogP contribution in [-0.4, -0.2) is 40.8 Å². The number of likely N-dealkylation sites (tertiary alicyclic amines) is 1. The summed E-state index contributed by atoms with van der Waals surface area (Å²) in [5.41, 5.74) is 2.92. The predicted molar refractivity (Wildman–Crippen MR) is 96.2 cm³/mol. The average molecular weight is 323 g/mol. The number of rotatable bonds is 3. The first kappa shape index (κ1) is 15.2. The fourth-order valence-electron chi connectivity index (χ4n) is 3.94. The molecule has 1 aliphatic heterocycles. The standard InChI is InChI=1S/C19H25N5/c1-20-18(23-12-9-19(15-23)7-3-8-19)21-14-16-5-2-6-17(13-16)24-11-4-10-22-24/h2,4-6,10-11,13H,3,7-9,12,14-15H2,1H3,(H,20,21). The average Bonchev–Trinajstić information content (AvgIpc) is 3.25. The van der Waals surface area contributed by atoms with Gasteiger partial charge in [-0.1, -0.05) is 18.6 Å². The molecule has 4 rings (SSSR count). The van der Waals surface area contributed by atoms with Crippen molar-refractivity contribution in [1.29, 1.82) is 0 Å². The van der Waals surface area contributed by atoms with Gasteiger partial charge in [-0.2, -0.15) is 5.10 Å². The maximum atomic E-state index is 4.50. The van der Waals surface area contributed by atoms with E-state index in [0.29, 0.717) is 5.41 Å². The number of hydrogen-bond donors (Lipinski definition) is 1.